The molecule has 0 bridgehead atoms. The Bertz CT molecular complexity index is 304. The van der Waals surface area contributed by atoms with Gasteiger partial charge in [-0.2, -0.15) is 0 Å². The van der Waals surface area contributed by atoms with Gasteiger partial charge in [0.25, 0.3) is 0 Å². The Morgan fingerprint density at radius 3 is 3.00 bits per heavy atom. The summed E-state index contributed by atoms with van der Waals surface area (Å²) in [5.74, 6) is -1.15. The van der Waals surface area contributed by atoms with Gasteiger partial charge in [0, 0.05) is 25.4 Å². The summed E-state index contributed by atoms with van der Waals surface area (Å²) >= 11 is 0. The fraction of sp³-hybridized carbons (Fsp3) is 0.636. The van der Waals surface area contributed by atoms with Crippen LogP contribution in [0.2, 0.25) is 0 Å². The number of nitrogens with zero attached hydrogens (tertiary/aromatic N) is 1. The molecule has 1 rings (SSSR count). The molecule has 0 aromatic carbocycles. The van der Waals surface area contributed by atoms with Crippen LogP contribution in [-0.4, -0.2) is 54.2 Å². The number of ether oxygens (including phenoxy) is 1. The predicted molar refractivity (Wildman–Crippen MR) is 61.4 cm³/mol. The fourth-order valence-electron chi connectivity index (χ4n) is 1.55. The van der Waals surface area contributed by atoms with E-state index in [4.69, 9.17) is 9.84 Å². The number of carboxylic acids is 1. The molecule has 1 saturated heterocycles. The summed E-state index contributed by atoms with van der Waals surface area (Å²) in [4.78, 5) is 23.9. The van der Waals surface area contributed by atoms with Crippen LogP contribution in [0.1, 0.15) is 13.3 Å². The van der Waals surface area contributed by atoms with Crippen molar-refractivity contribution in [1.29, 1.82) is 0 Å². The predicted octanol–water partition coefficient (Wildman–Crippen LogP) is -0.188. The normalized spacial score (nSPS) is 20.5. The van der Waals surface area contributed by atoms with Crippen LogP contribution in [0.15, 0.2) is 12.3 Å². The Balaban J connectivity index is 2.58. The van der Waals surface area contributed by atoms with E-state index >= 15 is 0 Å². The zero-order chi connectivity index (χ0) is 12.7. The van der Waals surface area contributed by atoms with Gasteiger partial charge in [0.05, 0.1) is 13.2 Å². The van der Waals surface area contributed by atoms with Crippen molar-refractivity contribution in [2.45, 2.75) is 19.4 Å². The van der Waals surface area contributed by atoms with E-state index in [-0.39, 0.29) is 5.91 Å². The molecule has 1 aliphatic rings. The number of nitrogens with one attached hydrogen (secondary N) is 1. The van der Waals surface area contributed by atoms with Gasteiger partial charge in [-0.05, 0) is 6.42 Å². The monoisotopic (exact) mass is 242 g/mol. The van der Waals surface area contributed by atoms with Crippen molar-refractivity contribution in [1.82, 2.24) is 10.2 Å². The van der Waals surface area contributed by atoms with Gasteiger partial charge in [0.1, 0.15) is 6.04 Å². The van der Waals surface area contributed by atoms with Crippen LogP contribution >= 0.6 is 0 Å². The minimum Gasteiger partial charge on any atom is -0.478 e. The van der Waals surface area contributed by atoms with E-state index in [0.717, 1.165) is 12.5 Å². The molecule has 0 aromatic rings. The van der Waals surface area contributed by atoms with Crippen molar-refractivity contribution in [3.05, 3.63) is 12.3 Å². The first-order valence-corrected chi connectivity index (χ1v) is 5.67. The highest BCUT2D eigenvalue weighted by molar-refractivity contribution is 5.83. The van der Waals surface area contributed by atoms with Crippen LogP contribution in [-0.2, 0) is 14.3 Å². The lowest BCUT2D eigenvalue weighted by atomic mass is 10.2. The maximum Gasteiger partial charge on any atom is 0.329 e. The molecule has 1 aliphatic heterocycles. The average molecular weight is 242 g/mol. The van der Waals surface area contributed by atoms with E-state index in [1.807, 2.05) is 6.92 Å². The third-order valence-corrected chi connectivity index (χ3v) is 2.43. The first-order valence-electron chi connectivity index (χ1n) is 5.67. The SMILES string of the molecule is CCCNC(=O)C1COCCN1/C=C/C(=O)O. The van der Waals surface area contributed by atoms with Crippen LogP contribution in [0, 0.1) is 0 Å². The molecule has 1 atom stereocenters. The largest absolute Gasteiger partial charge is 0.478 e. The first kappa shape index (κ1) is 13.5. The van der Waals surface area contributed by atoms with E-state index in [1.54, 1.807) is 4.90 Å². The third kappa shape index (κ3) is 4.44. The van der Waals surface area contributed by atoms with Crippen molar-refractivity contribution in [3.63, 3.8) is 0 Å². The highest BCUT2D eigenvalue weighted by atomic mass is 16.5. The molecule has 1 unspecified atom stereocenters. The van der Waals surface area contributed by atoms with E-state index in [9.17, 15) is 9.59 Å². The molecule has 0 radical (unpaired) electrons. The number of carboxylic acid groups (broad SMARTS) is 1. The number of rotatable bonds is 5. The second kappa shape index (κ2) is 6.90. The van der Waals surface area contributed by atoms with Crippen LogP contribution in [0.4, 0.5) is 0 Å². The number of amides is 1. The van der Waals surface area contributed by atoms with Gasteiger partial charge in [-0.1, -0.05) is 6.92 Å². The number of hydrogen-bond donors (Lipinski definition) is 2. The second-order valence-electron chi connectivity index (χ2n) is 3.77. The molecule has 0 aromatic heterocycles. The van der Waals surface area contributed by atoms with Crippen molar-refractivity contribution in [3.8, 4) is 0 Å². The molecule has 0 aliphatic carbocycles. The zero-order valence-electron chi connectivity index (χ0n) is 9.89. The second-order valence-corrected chi connectivity index (χ2v) is 3.77. The van der Waals surface area contributed by atoms with Gasteiger partial charge in [-0.25, -0.2) is 4.79 Å². The van der Waals surface area contributed by atoms with Gasteiger partial charge < -0.3 is 20.1 Å². The molecule has 0 spiro atoms. The van der Waals surface area contributed by atoms with E-state index in [2.05, 4.69) is 5.32 Å². The van der Waals surface area contributed by atoms with Crippen LogP contribution in [0.25, 0.3) is 0 Å². The smallest absolute Gasteiger partial charge is 0.329 e. The van der Waals surface area contributed by atoms with Gasteiger partial charge in [0.15, 0.2) is 0 Å². The molecule has 1 fully saturated rings. The standard InChI is InChI=1S/C11H18N2O4/c1-2-4-12-11(16)9-8-17-7-6-13(9)5-3-10(14)15/h3,5,9H,2,4,6-8H2,1H3,(H,12,16)(H,14,15)/b5-3+. The minimum absolute atomic E-state index is 0.124. The van der Waals surface area contributed by atoms with E-state index in [0.29, 0.717) is 26.3 Å². The molecule has 2 N–H and O–H groups in total. The molecule has 6 nitrogen and oxygen atoms in total. The maximum absolute atomic E-state index is 11.8. The molecule has 96 valence electrons. The van der Waals surface area contributed by atoms with Crippen molar-refractivity contribution < 1.29 is 19.4 Å². The van der Waals surface area contributed by atoms with Gasteiger partial charge >= 0.3 is 5.97 Å². The third-order valence-electron chi connectivity index (χ3n) is 2.43. The molecule has 6 heteroatoms. The fourth-order valence-corrected chi connectivity index (χ4v) is 1.55. The number of aliphatic carboxylic acids is 1. The Morgan fingerprint density at radius 2 is 2.35 bits per heavy atom. The molecular weight excluding hydrogens is 224 g/mol. The quantitative estimate of drug-likeness (QED) is 0.653. The highest BCUT2D eigenvalue weighted by Crippen LogP contribution is 2.07. The highest BCUT2D eigenvalue weighted by Gasteiger charge is 2.26. The number of carbonyl (C=O) groups is 2. The Kier molecular flexibility index (Phi) is 5.48. The van der Waals surface area contributed by atoms with E-state index < -0.39 is 12.0 Å². The lowest BCUT2D eigenvalue weighted by Crippen LogP contribution is -2.51. The Morgan fingerprint density at radius 1 is 1.59 bits per heavy atom. The molecule has 1 heterocycles. The van der Waals surface area contributed by atoms with Crippen LogP contribution in [0.5, 0.6) is 0 Å². The molecular formula is C11H18N2O4. The van der Waals surface area contributed by atoms with E-state index in [1.165, 1.54) is 6.20 Å². The van der Waals surface area contributed by atoms with Crippen molar-refractivity contribution >= 4 is 11.9 Å². The number of carbonyl (C=O) groups excluding carboxylic acids is 1. The summed E-state index contributed by atoms with van der Waals surface area (Å²) in [5.41, 5.74) is 0. The van der Waals surface area contributed by atoms with Crippen LogP contribution in [0.3, 0.4) is 0 Å². The molecule has 0 saturated carbocycles. The average Bonchev–Trinajstić information content (AvgIpc) is 2.33. The Labute approximate surface area is 100 Å². The lowest BCUT2D eigenvalue weighted by Gasteiger charge is -2.33. The number of hydrogen-bond acceptors (Lipinski definition) is 4. The minimum atomic E-state index is -1.02. The van der Waals surface area contributed by atoms with Gasteiger partial charge in [-0.3, -0.25) is 4.79 Å². The summed E-state index contributed by atoms with van der Waals surface area (Å²) in [6.45, 7) is 3.90. The Hall–Kier alpha value is -1.56. The van der Waals surface area contributed by atoms with Crippen LogP contribution < -0.4 is 5.32 Å². The summed E-state index contributed by atoms with van der Waals surface area (Å²) in [5, 5.41) is 11.3. The zero-order valence-corrected chi connectivity index (χ0v) is 9.89. The number of morpholine rings is 1. The maximum atomic E-state index is 11.8. The van der Waals surface area contributed by atoms with Gasteiger partial charge in [-0.15, -0.1) is 0 Å². The molecule has 1 amide bonds. The molecule has 17 heavy (non-hydrogen) atoms. The summed E-state index contributed by atoms with van der Waals surface area (Å²) in [7, 11) is 0. The first-order chi connectivity index (χ1) is 8.15. The van der Waals surface area contributed by atoms with Crippen molar-refractivity contribution in [2.75, 3.05) is 26.3 Å². The summed E-state index contributed by atoms with van der Waals surface area (Å²) < 4.78 is 5.24. The lowest BCUT2D eigenvalue weighted by molar-refractivity contribution is -0.133. The summed E-state index contributed by atoms with van der Waals surface area (Å²) in [6, 6.07) is -0.439. The van der Waals surface area contributed by atoms with Crippen molar-refractivity contribution in [2.24, 2.45) is 0 Å². The summed E-state index contributed by atoms with van der Waals surface area (Å²) in [6.07, 6.45) is 3.33. The topological polar surface area (TPSA) is 78.9 Å². The van der Waals surface area contributed by atoms with Gasteiger partial charge in [0.2, 0.25) is 5.91 Å².